The number of H-pyrrole nitrogens is 1. The van der Waals surface area contributed by atoms with Crippen LogP contribution in [0.1, 0.15) is 118 Å². The van der Waals surface area contributed by atoms with Crippen molar-refractivity contribution in [3.63, 3.8) is 0 Å². The lowest BCUT2D eigenvalue weighted by Crippen LogP contribution is -2.05. The fourth-order valence-corrected chi connectivity index (χ4v) is 12.4. The van der Waals surface area contributed by atoms with Crippen LogP contribution >= 0.6 is 115 Å². The maximum atomic E-state index is 12.9. The van der Waals surface area contributed by atoms with Crippen molar-refractivity contribution in [1.82, 2.24) is 24.9 Å². The number of aryl methyl sites for hydroxylation is 7. The van der Waals surface area contributed by atoms with Crippen LogP contribution in [-0.2, 0) is 6.42 Å². The van der Waals surface area contributed by atoms with Crippen molar-refractivity contribution in [2.75, 3.05) is 0 Å². The van der Waals surface area contributed by atoms with Crippen LogP contribution in [0, 0.1) is 60.1 Å². The number of hydrogen-bond donors (Lipinski definition) is 1. The summed E-state index contributed by atoms with van der Waals surface area (Å²) in [6.45, 7) is 15.7. The van der Waals surface area contributed by atoms with Crippen LogP contribution in [0.3, 0.4) is 0 Å². The number of ether oxygens (including phenoxy) is 1. The summed E-state index contributed by atoms with van der Waals surface area (Å²) in [7, 11) is 0. The minimum atomic E-state index is -0.446. The van der Waals surface area contributed by atoms with Crippen LogP contribution in [-0.4, -0.2) is 31.0 Å². The summed E-state index contributed by atoms with van der Waals surface area (Å²) in [6, 6.07) is 54.4. The van der Waals surface area contributed by atoms with Gasteiger partial charge in [-0.3, -0.25) is 4.98 Å². The van der Waals surface area contributed by atoms with E-state index in [2.05, 4.69) is 57.0 Å². The van der Waals surface area contributed by atoms with E-state index in [4.69, 9.17) is 106 Å². The third-order valence-electron chi connectivity index (χ3n) is 13.4. The molecule has 0 saturated heterocycles. The van der Waals surface area contributed by atoms with Crippen molar-refractivity contribution in [3.05, 3.63) is 272 Å². The molecule has 7 heterocycles. The molecule has 1 unspecified atom stereocenters. The van der Waals surface area contributed by atoms with Gasteiger partial charge in [0.2, 0.25) is 0 Å². The van der Waals surface area contributed by atoms with Gasteiger partial charge in [-0.05, 0) is 211 Å². The van der Waals surface area contributed by atoms with Crippen molar-refractivity contribution in [2.24, 2.45) is 0 Å². The molecule has 16 rings (SSSR count). The van der Waals surface area contributed by atoms with E-state index in [0.29, 0.717) is 11.7 Å². The lowest BCUT2D eigenvalue weighted by atomic mass is 10.1. The monoisotopic (exact) mass is 1570 g/mol. The molecule has 0 spiro atoms. The second kappa shape index (κ2) is 43.2. The maximum absolute atomic E-state index is 12.9. The summed E-state index contributed by atoms with van der Waals surface area (Å²) < 4.78 is 43.9. The molecule has 8 nitrogen and oxygen atoms in total. The molecule has 20 heteroatoms. The number of pyridine rings is 1. The van der Waals surface area contributed by atoms with Gasteiger partial charge < -0.3 is 18.6 Å². The number of imidazole rings is 1. The molecular weight excluding hydrogens is 1480 g/mol. The molecule has 0 amide bonds. The van der Waals surface area contributed by atoms with Gasteiger partial charge >= 0.3 is 0 Å². The standard InChI is InChI=1S/C11H9Cl.C10H8ClN.C9H6ClFO.C9H9ClO.C9H7ClO.C8H5ClFNS.C8H7ClN2.C8H6ClNS.9CH4/c1-8-2-3-10-7-11(12)5-4-9(10)6-8;1-7-2-3-8-6-9(11)4-5-10(8)12-7;1-5-2-6-3-7(10)8(11)4-9(6)12-5;2*1-6-4-7-5-8(10)2-3-9(7)11-6;1-4-11-7-2-5(9)6(10)3-8(7)12-4;1-5-10-7-3-2-6(9)4-8(7)11-5;1-5-10-7-4-6(9)2-3-8(7)11-5;;;;;;;;;/h2-7H,1H3;2-6H,1H3;2-4H,1H3;2-3,5-6H,4H2,1H3;2-5H,1H3;2-3H,1H3;2-4H,1H3,(H,10,11);2-4H,1H3;9*1H4. The molecule has 1 N–H and O–H groups in total. The second-order valence-electron chi connectivity index (χ2n) is 21.2. The minimum absolute atomic E-state index is 0. The molecule has 0 fully saturated rings. The van der Waals surface area contributed by atoms with Crippen molar-refractivity contribution >= 4 is 191 Å². The average molecular weight is 1570 g/mol. The Labute approximate surface area is 644 Å². The molecule has 101 heavy (non-hydrogen) atoms. The molecule has 1 aliphatic rings. The predicted molar refractivity (Wildman–Crippen MR) is 447 cm³/mol. The number of aromatic amines is 1. The zero-order valence-corrected chi connectivity index (χ0v) is 58.3. The number of nitrogens with one attached hydrogen (secondary N) is 1. The average Bonchev–Trinajstić information content (AvgIpc) is 1.81. The Bertz CT molecular complexity index is 4560. The third kappa shape index (κ3) is 26.9. The van der Waals surface area contributed by atoms with Gasteiger partial charge in [0, 0.05) is 64.5 Å². The number of thiazole rings is 2. The highest BCUT2D eigenvalue weighted by atomic mass is 35.5. The summed E-state index contributed by atoms with van der Waals surface area (Å²) >= 11 is 49.2. The maximum Gasteiger partial charge on any atom is 0.145 e. The van der Waals surface area contributed by atoms with Crippen LogP contribution in [0.2, 0.25) is 40.2 Å². The Kier molecular flexibility index (Phi) is 40.2. The van der Waals surface area contributed by atoms with Gasteiger partial charge in [-0.1, -0.05) is 196 Å². The molecular formula is C81H93Cl8F2N5O3S2. The Balaban J connectivity index is 0.00000112. The van der Waals surface area contributed by atoms with Gasteiger partial charge in [0.1, 0.15) is 52.0 Å². The highest BCUT2D eigenvalue weighted by Crippen LogP contribution is 2.32. The fourth-order valence-electron chi connectivity index (χ4n) is 9.40. The number of furan rings is 2. The predicted octanol–water partition coefficient (Wildman–Crippen LogP) is 31.5. The number of halogens is 10. The van der Waals surface area contributed by atoms with E-state index in [1.54, 1.807) is 23.5 Å². The fraction of sp³-hybridized carbons (Fsp3) is 0.235. The van der Waals surface area contributed by atoms with E-state index in [0.717, 1.165) is 129 Å². The highest BCUT2D eigenvalue weighted by Gasteiger charge is 2.18. The first kappa shape index (κ1) is 94.0. The topological polar surface area (TPSA) is 103 Å². The first-order chi connectivity index (χ1) is 43.9. The largest absolute Gasteiger partial charge is 0.490 e. The lowest BCUT2D eigenvalue weighted by Gasteiger charge is -2.00. The van der Waals surface area contributed by atoms with E-state index in [1.807, 2.05) is 175 Å². The SMILES string of the molecule is C.C.C.C.C.C.C.C.C.CC1Cc2cc(Cl)ccc2O1.Cc1cc2cc(Cl)c(F)cc2o1.Cc1cc2cc(Cl)ccc2o1.Cc1ccc2cc(Cl)ccc2c1.Cc1ccc2cc(Cl)ccc2n1.Cc1nc2cc(Cl)c(F)cc2s1.Cc1nc2cc(Cl)ccc2s1.Cc1nc2ccc(Cl)cc2[nH]1. The van der Waals surface area contributed by atoms with Gasteiger partial charge in [0.15, 0.2) is 0 Å². The van der Waals surface area contributed by atoms with Crippen LogP contribution in [0.5, 0.6) is 5.75 Å². The second-order valence-corrected chi connectivity index (χ2v) is 27.1. The molecule has 9 aromatic carbocycles. The van der Waals surface area contributed by atoms with E-state index >= 15 is 0 Å². The Morgan fingerprint density at radius 2 is 0.871 bits per heavy atom. The zero-order valence-electron chi connectivity index (χ0n) is 50.6. The first-order valence-electron chi connectivity index (χ1n) is 28.4. The minimum Gasteiger partial charge on any atom is -0.490 e. The van der Waals surface area contributed by atoms with Crippen LogP contribution in [0.4, 0.5) is 8.78 Å². The third-order valence-corrected chi connectivity index (χ3v) is 17.3. The summed E-state index contributed by atoms with van der Waals surface area (Å²) in [6.07, 6.45) is 1.29. The molecule has 1 atom stereocenters. The molecule has 0 radical (unpaired) electrons. The summed E-state index contributed by atoms with van der Waals surface area (Å²) in [5.74, 6) is 2.75. The molecule has 0 saturated carbocycles. The van der Waals surface area contributed by atoms with Gasteiger partial charge in [-0.25, -0.2) is 23.7 Å². The Morgan fingerprint density at radius 1 is 0.396 bits per heavy atom. The number of benzene rings is 9. The molecule has 1 aliphatic heterocycles. The molecule has 6 aromatic heterocycles. The van der Waals surface area contributed by atoms with Crippen molar-refractivity contribution in [3.8, 4) is 5.75 Å². The molecule has 15 aromatic rings. The number of rotatable bonds is 0. The Hall–Kier alpha value is -7.04. The number of aromatic nitrogens is 5. The van der Waals surface area contributed by atoms with E-state index in [1.165, 1.54) is 50.1 Å². The quantitative estimate of drug-likeness (QED) is 0.161. The van der Waals surface area contributed by atoms with Crippen molar-refractivity contribution in [1.29, 1.82) is 0 Å². The van der Waals surface area contributed by atoms with E-state index < -0.39 is 5.82 Å². The van der Waals surface area contributed by atoms with Crippen molar-refractivity contribution < 1.29 is 22.4 Å². The lowest BCUT2D eigenvalue weighted by molar-refractivity contribution is 0.254. The smallest absolute Gasteiger partial charge is 0.145 e. The first-order valence-corrected chi connectivity index (χ1v) is 33.0. The highest BCUT2D eigenvalue weighted by molar-refractivity contribution is 7.18. The van der Waals surface area contributed by atoms with E-state index in [-0.39, 0.29) is 82.7 Å². The summed E-state index contributed by atoms with van der Waals surface area (Å²) in [4.78, 5) is 20.2. The van der Waals surface area contributed by atoms with Gasteiger partial charge in [-0.15, -0.1) is 22.7 Å². The van der Waals surface area contributed by atoms with Crippen LogP contribution in [0.15, 0.2) is 185 Å². The van der Waals surface area contributed by atoms with Gasteiger partial charge in [-0.2, -0.15) is 0 Å². The van der Waals surface area contributed by atoms with E-state index in [9.17, 15) is 8.78 Å². The summed E-state index contributed by atoms with van der Waals surface area (Å²) in [5.41, 5.74) is 9.70. The number of hydrogen-bond acceptors (Lipinski definition) is 9. The van der Waals surface area contributed by atoms with Crippen LogP contribution in [0.25, 0.3) is 75.1 Å². The number of fused-ring (bicyclic) bond motifs is 8. The number of nitrogens with zero attached hydrogens (tertiary/aromatic N) is 4. The van der Waals surface area contributed by atoms with Crippen molar-refractivity contribution in [2.45, 2.75) is 135 Å². The van der Waals surface area contributed by atoms with Gasteiger partial charge in [0.25, 0.3) is 0 Å². The Morgan fingerprint density at radius 3 is 1.53 bits per heavy atom. The molecule has 542 valence electrons. The molecule has 0 bridgehead atoms. The summed E-state index contributed by atoms with van der Waals surface area (Å²) in [5, 5.41) is 12.3. The van der Waals surface area contributed by atoms with Gasteiger partial charge in [0.05, 0.1) is 57.0 Å². The van der Waals surface area contributed by atoms with Crippen LogP contribution < -0.4 is 4.74 Å². The normalized spacial score (nSPS) is 10.9. The molecule has 0 aliphatic carbocycles. The zero-order chi connectivity index (χ0) is 65.9.